The first-order valence-electron chi connectivity index (χ1n) is 10.9. The van der Waals surface area contributed by atoms with Gasteiger partial charge in [0.2, 0.25) is 0 Å². The van der Waals surface area contributed by atoms with Gasteiger partial charge in [-0.3, -0.25) is 0 Å². The summed E-state index contributed by atoms with van der Waals surface area (Å²) in [7, 11) is -2.38. The van der Waals surface area contributed by atoms with Crippen LogP contribution in [0.3, 0.4) is 0 Å². The lowest BCUT2D eigenvalue weighted by atomic mass is 10.1. The zero-order valence-corrected chi connectivity index (χ0v) is 18.6. The molecule has 0 aliphatic heterocycles. The van der Waals surface area contributed by atoms with E-state index >= 15 is 0 Å². The van der Waals surface area contributed by atoms with Crippen LogP contribution in [-0.2, 0) is 4.43 Å². The van der Waals surface area contributed by atoms with Crippen molar-refractivity contribution < 1.29 is 4.43 Å². The quantitative estimate of drug-likeness (QED) is 0.480. The fourth-order valence-electron chi connectivity index (χ4n) is 5.42. The van der Waals surface area contributed by atoms with Crippen LogP contribution < -0.4 is 10.4 Å². The molecule has 4 rings (SSSR count). The van der Waals surface area contributed by atoms with Crippen molar-refractivity contribution in [3.05, 3.63) is 72.8 Å². The first kappa shape index (κ1) is 19.7. The zero-order valence-electron chi connectivity index (χ0n) is 17.6. The zero-order chi connectivity index (χ0) is 19.6. The van der Waals surface area contributed by atoms with Gasteiger partial charge in [0.05, 0.1) is 0 Å². The lowest BCUT2D eigenvalue weighted by Crippen LogP contribution is -2.66. The topological polar surface area (TPSA) is 9.23 Å². The molecule has 1 saturated carbocycles. The number of allylic oxidation sites excluding steroid dienone is 2. The van der Waals surface area contributed by atoms with Crippen molar-refractivity contribution >= 4 is 18.7 Å². The van der Waals surface area contributed by atoms with E-state index in [1.54, 1.807) is 0 Å². The second-order valence-electron chi connectivity index (χ2n) is 9.59. The van der Waals surface area contributed by atoms with Crippen molar-refractivity contribution in [1.29, 1.82) is 0 Å². The molecule has 28 heavy (non-hydrogen) atoms. The standard InChI is InChI=1S/C26H34OSi/c1-26(2,3)28(21-14-8-6-9-15-21,22-16-10-7-11-17-22)27-20-25-23-18-12-4-5-13-19-24(23)25/h4-11,14-17,23-25H,12-13,18-20H2,1-3H3/b5-4-/t23-,24+,25+. The van der Waals surface area contributed by atoms with Gasteiger partial charge < -0.3 is 4.43 Å². The van der Waals surface area contributed by atoms with E-state index in [9.17, 15) is 0 Å². The van der Waals surface area contributed by atoms with Crippen LogP contribution in [0.5, 0.6) is 0 Å². The molecule has 1 fully saturated rings. The molecule has 0 heterocycles. The number of fused-ring (bicyclic) bond motifs is 1. The van der Waals surface area contributed by atoms with Crippen molar-refractivity contribution in [2.45, 2.75) is 51.5 Å². The Kier molecular flexibility index (Phi) is 5.62. The van der Waals surface area contributed by atoms with Crippen LogP contribution in [0.2, 0.25) is 5.04 Å². The van der Waals surface area contributed by atoms with E-state index in [0.717, 1.165) is 24.4 Å². The van der Waals surface area contributed by atoms with E-state index in [1.807, 2.05) is 0 Å². The molecule has 0 N–H and O–H groups in total. The fourth-order valence-corrected chi connectivity index (χ4v) is 10.0. The highest BCUT2D eigenvalue weighted by Gasteiger charge is 2.54. The third kappa shape index (κ3) is 3.65. The minimum absolute atomic E-state index is 0.0745. The summed E-state index contributed by atoms with van der Waals surface area (Å²) in [6, 6.07) is 22.1. The summed E-state index contributed by atoms with van der Waals surface area (Å²) >= 11 is 0. The summed E-state index contributed by atoms with van der Waals surface area (Å²) in [6.45, 7) is 8.04. The molecule has 2 aliphatic carbocycles. The Morgan fingerprint density at radius 3 is 1.68 bits per heavy atom. The minimum Gasteiger partial charge on any atom is -0.407 e. The Labute approximate surface area is 172 Å². The minimum atomic E-state index is -2.38. The summed E-state index contributed by atoms with van der Waals surface area (Å²) in [5.41, 5.74) is 0. The maximum Gasteiger partial charge on any atom is 0.261 e. The van der Waals surface area contributed by atoms with Crippen LogP contribution in [0, 0.1) is 17.8 Å². The maximum absolute atomic E-state index is 7.18. The van der Waals surface area contributed by atoms with Gasteiger partial charge in [0.1, 0.15) is 0 Å². The SMILES string of the molecule is CC(C)(C)[Si](OC[C@H]1[C@@H]2CC/C=C\CC[C@@H]21)(c1ccccc1)c1ccccc1. The highest BCUT2D eigenvalue weighted by molar-refractivity contribution is 6.99. The Morgan fingerprint density at radius 1 is 0.786 bits per heavy atom. The van der Waals surface area contributed by atoms with Gasteiger partial charge in [-0.15, -0.1) is 0 Å². The maximum atomic E-state index is 7.18. The predicted octanol–water partition coefficient (Wildman–Crippen LogP) is 5.56. The largest absolute Gasteiger partial charge is 0.407 e. The van der Waals surface area contributed by atoms with E-state index < -0.39 is 8.32 Å². The molecule has 0 unspecified atom stereocenters. The van der Waals surface area contributed by atoms with Crippen LogP contribution in [0.1, 0.15) is 46.5 Å². The Hall–Kier alpha value is -1.64. The van der Waals surface area contributed by atoms with Gasteiger partial charge >= 0.3 is 0 Å². The van der Waals surface area contributed by atoms with Crippen molar-refractivity contribution in [2.24, 2.45) is 17.8 Å². The highest BCUT2D eigenvalue weighted by Crippen LogP contribution is 2.53. The molecule has 0 saturated heterocycles. The summed E-state index contributed by atoms with van der Waals surface area (Å²) in [5, 5.41) is 2.87. The lowest BCUT2D eigenvalue weighted by Gasteiger charge is -2.43. The number of hydrogen-bond acceptors (Lipinski definition) is 1. The molecule has 2 heteroatoms. The van der Waals surface area contributed by atoms with Crippen LogP contribution in [0.25, 0.3) is 0 Å². The second-order valence-corrected chi connectivity index (χ2v) is 13.9. The van der Waals surface area contributed by atoms with Crippen molar-refractivity contribution in [2.75, 3.05) is 6.61 Å². The average Bonchev–Trinajstić information content (AvgIpc) is 3.32. The van der Waals surface area contributed by atoms with Crippen molar-refractivity contribution in [1.82, 2.24) is 0 Å². The van der Waals surface area contributed by atoms with Crippen molar-refractivity contribution in [3.8, 4) is 0 Å². The molecule has 0 aromatic heterocycles. The van der Waals surface area contributed by atoms with E-state index in [-0.39, 0.29) is 5.04 Å². The van der Waals surface area contributed by atoms with Gasteiger partial charge in [-0.1, -0.05) is 93.6 Å². The van der Waals surface area contributed by atoms with E-state index in [0.29, 0.717) is 0 Å². The Bertz CT molecular complexity index is 735. The van der Waals surface area contributed by atoms with E-state index in [2.05, 4.69) is 93.6 Å². The summed E-state index contributed by atoms with van der Waals surface area (Å²) < 4.78 is 7.18. The van der Waals surface area contributed by atoms with Crippen molar-refractivity contribution in [3.63, 3.8) is 0 Å². The molecule has 2 aromatic rings. The molecule has 2 aliphatic rings. The normalized spacial score (nSPS) is 26.0. The highest BCUT2D eigenvalue weighted by atomic mass is 28.4. The van der Waals surface area contributed by atoms with Crippen LogP contribution >= 0.6 is 0 Å². The van der Waals surface area contributed by atoms with Gasteiger partial charge in [-0.2, -0.15) is 0 Å². The van der Waals surface area contributed by atoms with Gasteiger partial charge in [-0.05, 0) is 58.8 Å². The third-order valence-electron chi connectivity index (χ3n) is 6.92. The molecule has 3 atom stereocenters. The molecule has 1 nitrogen and oxygen atoms in total. The van der Waals surface area contributed by atoms with Gasteiger partial charge in [-0.25, -0.2) is 0 Å². The molecular weight excluding hydrogens is 356 g/mol. The fraction of sp³-hybridized carbons (Fsp3) is 0.462. The van der Waals surface area contributed by atoms with Crippen LogP contribution in [0.4, 0.5) is 0 Å². The number of benzene rings is 2. The summed E-state index contributed by atoms with van der Waals surface area (Å²) in [5.74, 6) is 2.51. The summed E-state index contributed by atoms with van der Waals surface area (Å²) in [4.78, 5) is 0. The lowest BCUT2D eigenvalue weighted by molar-refractivity contribution is 0.268. The third-order valence-corrected chi connectivity index (χ3v) is 11.9. The van der Waals surface area contributed by atoms with Gasteiger partial charge in [0, 0.05) is 6.61 Å². The average molecular weight is 391 g/mol. The van der Waals surface area contributed by atoms with Crippen LogP contribution in [-0.4, -0.2) is 14.9 Å². The molecule has 148 valence electrons. The molecule has 2 aromatic carbocycles. The monoisotopic (exact) mass is 390 g/mol. The second kappa shape index (κ2) is 8.00. The molecule has 0 amide bonds. The molecular formula is C26H34OSi. The van der Waals surface area contributed by atoms with E-state index in [4.69, 9.17) is 4.43 Å². The first-order chi connectivity index (χ1) is 13.5. The number of hydrogen-bond donors (Lipinski definition) is 0. The first-order valence-corrected chi connectivity index (χ1v) is 12.8. The van der Waals surface area contributed by atoms with E-state index in [1.165, 1.54) is 36.1 Å². The number of rotatable bonds is 5. The smallest absolute Gasteiger partial charge is 0.261 e. The predicted molar refractivity (Wildman–Crippen MR) is 122 cm³/mol. The summed E-state index contributed by atoms with van der Waals surface area (Å²) in [6.07, 6.45) is 9.95. The van der Waals surface area contributed by atoms with Gasteiger partial charge in [0.15, 0.2) is 0 Å². The van der Waals surface area contributed by atoms with Gasteiger partial charge in [0.25, 0.3) is 8.32 Å². The Morgan fingerprint density at radius 2 is 1.25 bits per heavy atom. The molecule has 0 bridgehead atoms. The van der Waals surface area contributed by atoms with Crippen LogP contribution in [0.15, 0.2) is 72.8 Å². The molecule has 0 spiro atoms. The Balaban J connectivity index is 1.66. The molecule has 0 radical (unpaired) electrons.